The molecule has 142 valence electrons. The lowest BCUT2D eigenvalue weighted by molar-refractivity contribution is -0.121. The molecule has 2 N–H and O–H groups in total. The number of carbonyl (C=O) groups is 1. The van der Waals surface area contributed by atoms with Crippen LogP contribution < -0.4 is 10.6 Å². The van der Waals surface area contributed by atoms with E-state index in [0.29, 0.717) is 16.2 Å². The summed E-state index contributed by atoms with van der Waals surface area (Å²) in [6.45, 7) is 5.46. The van der Waals surface area contributed by atoms with E-state index in [1.54, 1.807) is 18.2 Å². The Labute approximate surface area is 161 Å². The Kier molecular flexibility index (Phi) is 9.27. The van der Waals surface area contributed by atoms with Gasteiger partial charge in [-0.1, -0.05) is 19.1 Å². The van der Waals surface area contributed by atoms with Crippen molar-refractivity contribution >= 4 is 39.9 Å². The van der Waals surface area contributed by atoms with Gasteiger partial charge in [0, 0.05) is 17.5 Å². The molecular formula is C17H27ClN2O3S2. The summed E-state index contributed by atoms with van der Waals surface area (Å²) in [6, 6.07) is 7.10. The molecule has 0 aliphatic carbocycles. The predicted octanol–water partition coefficient (Wildman–Crippen LogP) is 2.64. The average molecular weight is 407 g/mol. The molecule has 1 aliphatic rings. The number of hydrogen-bond donors (Lipinski definition) is 2. The second kappa shape index (κ2) is 10.4. The van der Waals surface area contributed by atoms with Crippen molar-refractivity contribution < 1.29 is 13.2 Å². The van der Waals surface area contributed by atoms with Crippen molar-refractivity contribution in [3.8, 4) is 0 Å². The van der Waals surface area contributed by atoms with Gasteiger partial charge in [0.25, 0.3) is 0 Å². The van der Waals surface area contributed by atoms with Crippen LogP contribution in [0.1, 0.15) is 33.1 Å². The van der Waals surface area contributed by atoms with E-state index in [4.69, 9.17) is 0 Å². The molecule has 0 bridgehead atoms. The van der Waals surface area contributed by atoms with E-state index in [0.717, 1.165) is 25.9 Å². The largest absolute Gasteiger partial charge is 0.351 e. The normalized spacial score (nSPS) is 18.9. The lowest BCUT2D eigenvalue weighted by Gasteiger charge is -2.25. The first-order chi connectivity index (χ1) is 11.4. The van der Waals surface area contributed by atoms with Crippen LogP contribution in [0.15, 0.2) is 34.1 Å². The van der Waals surface area contributed by atoms with Crippen molar-refractivity contribution in [2.45, 2.75) is 54.2 Å². The highest BCUT2D eigenvalue weighted by Gasteiger charge is 2.23. The number of halogens is 1. The Hall–Kier alpha value is -0.760. The summed E-state index contributed by atoms with van der Waals surface area (Å²) in [5.74, 6) is 0.0789. The number of thioether (sulfide) groups is 1. The molecule has 1 saturated heterocycles. The first kappa shape index (κ1) is 22.3. The Balaban J connectivity index is 0.00000312. The number of piperidine rings is 1. The van der Waals surface area contributed by atoms with Crippen molar-refractivity contribution in [3.63, 3.8) is 0 Å². The molecule has 1 aromatic carbocycles. The van der Waals surface area contributed by atoms with Crippen LogP contribution in [0.5, 0.6) is 0 Å². The smallest absolute Gasteiger partial charge is 0.233 e. The second-order valence-corrected chi connectivity index (χ2v) is 9.54. The molecule has 1 amide bonds. The van der Waals surface area contributed by atoms with Gasteiger partial charge in [0.05, 0.1) is 15.9 Å². The second-order valence-electron chi connectivity index (χ2n) is 6.08. The molecule has 8 heteroatoms. The van der Waals surface area contributed by atoms with Crippen LogP contribution in [-0.4, -0.2) is 44.5 Å². The summed E-state index contributed by atoms with van der Waals surface area (Å²) >= 11 is 1.31. The van der Waals surface area contributed by atoms with E-state index in [9.17, 15) is 13.2 Å². The van der Waals surface area contributed by atoms with Gasteiger partial charge in [-0.05, 0) is 44.9 Å². The highest BCUT2D eigenvalue weighted by molar-refractivity contribution is 8.01. The van der Waals surface area contributed by atoms with Crippen LogP contribution >= 0.6 is 24.2 Å². The molecule has 0 saturated carbocycles. The lowest BCUT2D eigenvalue weighted by atomic mass is 10.1. The summed E-state index contributed by atoms with van der Waals surface area (Å²) in [5.41, 5.74) is 0. The lowest BCUT2D eigenvalue weighted by Crippen LogP contribution is -2.47. The van der Waals surface area contributed by atoms with Crippen molar-refractivity contribution in [1.82, 2.24) is 10.6 Å². The van der Waals surface area contributed by atoms with Crippen molar-refractivity contribution in [1.29, 1.82) is 0 Å². The van der Waals surface area contributed by atoms with E-state index in [-0.39, 0.29) is 35.4 Å². The first-order valence-corrected chi connectivity index (χ1v) is 11.0. The van der Waals surface area contributed by atoms with E-state index in [2.05, 4.69) is 10.6 Å². The molecule has 1 unspecified atom stereocenters. The number of rotatable bonds is 7. The molecule has 5 nitrogen and oxygen atoms in total. The minimum absolute atomic E-state index is 0. The number of benzene rings is 1. The zero-order valence-corrected chi connectivity index (χ0v) is 17.1. The topological polar surface area (TPSA) is 75.3 Å². The van der Waals surface area contributed by atoms with Crippen LogP contribution in [0.4, 0.5) is 0 Å². The van der Waals surface area contributed by atoms with Gasteiger partial charge in [0.2, 0.25) is 5.91 Å². The third-order valence-corrected chi connectivity index (χ3v) is 7.25. The molecule has 0 spiro atoms. The summed E-state index contributed by atoms with van der Waals surface area (Å²) in [6.07, 6.45) is 2.62. The zero-order valence-electron chi connectivity index (χ0n) is 14.7. The Morgan fingerprint density at radius 1 is 1.40 bits per heavy atom. The maximum absolute atomic E-state index is 12.4. The van der Waals surface area contributed by atoms with Gasteiger partial charge in [0.1, 0.15) is 0 Å². The minimum atomic E-state index is -3.30. The van der Waals surface area contributed by atoms with Crippen LogP contribution in [0.25, 0.3) is 0 Å². The molecule has 25 heavy (non-hydrogen) atoms. The third-order valence-electron chi connectivity index (χ3n) is 3.97. The van der Waals surface area contributed by atoms with Crippen molar-refractivity contribution in [3.05, 3.63) is 24.3 Å². The predicted molar refractivity (Wildman–Crippen MR) is 105 cm³/mol. The molecule has 1 aromatic rings. The average Bonchev–Trinajstić information content (AvgIpc) is 2.56. The minimum Gasteiger partial charge on any atom is -0.351 e. The highest BCUT2D eigenvalue weighted by atomic mass is 35.5. The summed E-state index contributed by atoms with van der Waals surface area (Å²) < 4.78 is 24.8. The van der Waals surface area contributed by atoms with E-state index in [1.807, 2.05) is 19.9 Å². The number of amides is 1. The molecule has 0 aromatic heterocycles. The van der Waals surface area contributed by atoms with Gasteiger partial charge < -0.3 is 10.6 Å². The first-order valence-electron chi connectivity index (χ1n) is 8.43. The Morgan fingerprint density at radius 2 is 2.12 bits per heavy atom. The number of sulfone groups is 1. The SMILES string of the molecule is CCCS(=O)(=O)c1ccccc1SC(C)C(=O)N[C@H]1CCCNC1.Cl. The summed E-state index contributed by atoms with van der Waals surface area (Å²) in [4.78, 5) is 13.4. The van der Waals surface area contributed by atoms with Crippen LogP contribution in [0.3, 0.4) is 0 Å². The van der Waals surface area contributed by atoms with Gasteiger partial charge in [-0.25, -0.2) is 8.42 Å². The third kappa shape index (κ3) is 6.47. The van der Waals surface area contributed by atoms with E-state index < -0.39 is 9.84 Å². The molecule has 1 fully saturated rings. The molecule has 1 aliphatic heterocycles. The quantitative estimate of drug-likeness (QED) is 0.681. The van der Waals surface area contributed by atoms with Gasteiger partial charge in [-0.2, -0.15) is 0 Å². The highest BCUT2D eigenvalue weighted by Crippen LogP contribution is 2.30. The maximum Gasteiger partial charge on any atom is 0.233 e. The van der Waals surface area contributed by atoms with Gasteiger partial charge in [-0.3, -0.25) is 4.79 Å². The van der Waals surface area contributed by atoms with Crippen molar-refractivity contribution in [2.75, 3.05) is 18.8 Å². The van der Waals surface area contributed by atoms with Crippen LogP contribution in [0.2, 0.25) is 0 Å². The number of carbonyl (C=O) groups excluding carboxylic acids is 1. The maximum atomic E-state index is 12.4. The van der Waals surface area contributed by atoms with E-state index in [1.165, 1.54) is 11.8 Å². The fraction of sp³-hybridized carbons (Fsp3) is 0.588. The number of nitrogens with one attached hydrogen (secondary N) is 2. The molecular weight excluding hydrogens is 380 g/mol. The molecule has 1 heterocycles. The number of hydrogen-bond acceptors (Lipinski definition) is 5. The summed E-state index contributed by atoms with van der Waals surface area (Å²) in [5, 5.41) is 5.98. The van der Waals surface area contributed by atoms with Gasteiger partial charge >= 0.3 is 0 Å². The molecule has 2 rings (SSSR count). The fourth-order valence-corrected chi connectivity index (χ4v) is 5.56. The van der Waals surface area contributed by atoms with Crippen molar-refractivity contribution in [2.24, 2.45) is 0 Å². The Morgan fingerprint density at radius 3 is 2.76 bits per heavy atom. The monoisotopic (exact) mass is 406 g/mol. The van der Waals surface area contributed by atoms with Crippen LogP contribution in [0, 0.1) is 0 Å². The fourth-order valence-electron chi connectivity index (χ4n) is 2.72. The van der Waals surface area contributed by atoms with Crippen LogP contribution in [-0.2, 0) is 14.6 Å². The molecule has 2 atom stereocenters. The standard InChI is InChI=1S/C17H26N2O3S2.ClH/c1-3-11-24(21,22)16-9-5-4-8-15(16)23-13(2)17(20)19-14-7-6-10-18-12-14;/h4-5,8-9,13-14,18H,3,6-7,10-12H2,1-2H3,(H,19,20);1H/t13?,14-;/m0./s1. The van der Waals surface area contributed by atoms with Gasteiger partial charge in [0.15, 0.2) is 9.84 Å². The zero-order chi connectivity index (χ0) is 17.6. The van der Waals surface area contributed by atoms with E-state index >= 15 is 0 Å². The molecule has 0 radical (unpaired) electrons. The summed E-state index contributed by atoms with van der Waals surface area (Å²) in [7, 11) is -3.30. The Bertz CT molecular complexity index is 662. The van der Waals surface area contributed by atoms with Gasteiger partial charge in [-0.15, -0.1) is 24.2 Å².